The monoisotopic (exact) mass is 228 g/mol. The Kier molecular flexibility index (Phi) is 8.26. The van der Waals surface area contributed by atoms with Crippen LogP contribution in [0.25, 0.3) is 0 Å². The Morgan fingerprint density at radius 3 is 2.31 bits per heavy atom. The Balaban J connectivity index is 4.42. The normalized spacial score (nSPS) is 12.9. The first-order chi connectivity index (χ1) is 7.58. The molecule has 0 aromatic carbocycles. The Hall–Kier alpha value is -0.570. The molecule has 0 aliphatic heterocycles. The lowest BCUT2D eigenvalue weighted by atomic mass is 9.97. The number of carbonyl (C=O) groups is 1. The fourth-order valence-electron chi connectivity index (χ4n) is 1.95. The number of amides is 1. The molecule has 1 atom stereocenters. The zero-order chi connectivity index (χ0) is 12.6. The van der Waals surface area contributed by atoms with E-state index < -0.39 is 0 Å². The van der Waals surface area contributed by atoms with Crippen molar-refractivity contribution in [2.45, 2.75) is 59.4 Å². The van der Waals surface area contributed by atoms with Gasteiger partial charge in [-0.05, 0) is 26.7 Å². The molecular formula is C13H28N2O. The molecule has 0 saturated heterocycles. The maximum atomic E-state index is 12.3. The largest absolute Gasteiger partial charge is 0.339 e. The van der Waals surface area contributed by atoms with Crippen LogP contribution in [0.2, 0.25) is 0 Å². The Labute approximate surface area is 100 Å². The average Bonchev–Trinajstić information content (AvgIpc) is 2.26. The van der Waals surface area contributed by atoms with Crippen molar-refractivity contribution >= 4 is 5.91 Å². The van der Waals surface area contributed by atoms with Crippen LogP contribution in [0.4, 0.5) is 0 Å². The lowest BCUT2D eigenvalue weighted by Gasteiger charge is -2.30. The number of hydrogen-bond donors (Lipinski definition) is 1. The molecule has 0 radical (unpaired) electrons. The van der Waals surface area contributed by atoms with Gasteiger partial charge in [0, 0.05) is 25.0 Å². The number of nitrogens with zero attached hydrogens (tertiary/aromatic N) is 1. The van der Waals surface area contributed by atoms with E-state index in [9.17, 15) is 4.79 Å². The summed E-state index contributed by atoms with van der Waals surface area (Å²) in [6.45, 7) is 9.60. The van der Waals surface area contributed by atoms with Gasteiger partial charge >= 0.3 is 0 Å². The number of unbranched alkanes of at least 4 members (excludes halogenated alkanes) is 1. The molecule has 0 rings (SSSR count). The van der Waals surface area contributed by atoms with Crippen molar-refractivity contribution < 1.29 is 4.79 Å². The van der Waals surface area contributed by atoms with Crippen LogP contribution in [-0.4, -0.2) is 29.9 Å². The maximum absolute atomic E-state index is 12.3. The van der Waals surface area contributed by atoms with E-state index in [2.05, 4.69) is 27.7 Å². The first-order valence-corrected chi connectivity index (χ1v) is 6.58. The summed E-state index contributed by atoms with van der Waals surface area (Å²) in [7, 11) is 0. The fraction of sp³-hybridized carbons (Fsp3) is 0.923. The molecule has 0 aromatic rings. The summed E-state index contributed by atoms with van der Waals surface area (Å²) in [5, 5.41) is 0. The predicted octanol–water partition coefficient (Wildman–Crippen LogP) is 2.40. The van der Waals surface area contributed by atoms with Crippen LogP contribution in [-0.2, 0) is 4.79 Å². The van der Waals surface area contributed by atoms with Gasteiger partial charge in [0.2, 0.25) is 5.91 Å². The lowest BCUT2D eigenvalue weighted by molar-refractivity contribution is -0.137. The minimum Gasteiger partial charge on any atom is -0.339 e. The standard InChI is InChI=1S/C13H28N2O/c1-5-7-8-12(6-2)13(16)15(10-9-14)11(3)4/h11-12H,5-10,14H2,1-4H3. The number of hydrogen-bond acceptors (Lipinski definition) is 2. The molecule has 1 unspecified atom stereocenters. The summed E-state index contributed by atoms with van der Waals surface area (Å²) in [4.78, 5) is 14.2. The third-order valence-electron chi connectivity index (χ3n) is 3.02. The molecule has 0 spiro atoms. The van der Waals surface area contributed by atoms with Crippen molar-refractivity contribution in [3.63, 3.8) is 0 Å². The summed E-state index contributed by atoms with van der Waals surface area (Å²) in [6.07, 6.45) is 4.24. The fourth-order valence-corrected chi connectivity index (χ4v) is 1.95. The average molecular weight is 228 g/mol. The van der Waals surface area contributed by atoms with Crippen LogP contribution in [0.1, 0.15) is 53.4 Å². The van der Waals surface area contributed by atoms with E-state index in [4.69, 9.17) is 5.73 Å². The third-order valence-corrected chi connectivity index (χ3v) is 3.02. The van der Waals surface area contributed by atoms with Crippen LogP contribution in [0.3, 0.4) is 0 Å². The van der Waals surface area contributed by atoms with Gasteiger partial charge in [-0.2, -0.15) is 0 Å². The second-order valence-corrected chi connectivity index (χ2v) is 4.66. The van der Waals surface area contributed by atoms with Crippen LogP contribution in [0.15, 0.2) is 0 Å². The quantitative estimate of drug-likeness (QED) is 0.693. The molecule has 0 saturated carbocycles. The molecule has 3 heteroatoms. The summed E-state index contributed by atoms with van der Waals surface area (Å²) in [5.74, 6) is 0.477. The van der Waals surface area contributed by atoms with E-state index >= 15 is 0 Å². The molecule has 0 fully saturated rings. The van der Waals surface area contributed by atoms with Gasteiger partial charge in [0.25, 0.3) is 0 Å². The summed E-state index contributed by atoms with van der Waals surface area (Å²) in [5.41, 5.74) is 5.55. The predicted molar refractivity (Wildman–Crippen MR) is 69.2 cm³/mol. The molecule has 16 heavy (non-hydrogen) atoms. The van der Waals surface area contributed by atoms with Gasteiger partial charge in [-0.25, -0.2) is 0 Å². The van der Waals surface area contributed by atoms with E-state index in [1.54, 1.807) is 0 Å². The molecule has 0 bridgehead atoms. The molecule has 0 aliphatic carbocycles. The van der Waals surface area contributed by atoms with Gasteiger partial charge in [-0.3, -0.25) is 4.79 Å². The zero-order valence-electron chi connectivity index (χ0n) is 11.3. The van der Waals surface area contributed by atoms with Gasteiger partial charge in [0.05, 0.1) is 0 Å². The Morgan fingerprint density at radius 1 is 1.31 bits per heavy atom. The molecule has 0 aromatic heterocycles. The SMILES string of the molecule is CCCCC(CC)C(=O)N(CCN)C(C)C. The first kappa shape index (κ1) is 15.4. The van der Waals surface area contributed by atoms with Crippen LogP contribution in [0, 0.1) is 5.92 Å². The van der Waals surface area contributed by atoms with Gasteiger partial charge in [0.15, 0.2) is 0 Å². The van der Waals surface area contributed by atoms with Crippen LogP contribution in [0.5, 0.6) is 0 Å². The lowest BCUT2D eigenvalue weighted by Crippen LogP contribution is -2.43. The van der Waals surface area contributed by atoms with E-state index in [0.717, 1.165) is 25.7 Å². The molecular weight excluding hydrogens is 200 g/mol. The molecule has 1 amide bonds. The second kappa shape index (κ2) is 8.57. The summed E-state index contributed by atoms with van der Waals surface area (Å²) < 4.78 is 0. The maximum Gasteiger partial charge on any atom is 0.225 e. The molecule has 0 heterocycles. The van der Waals surface area contributed by atoms with Crippen molar-refractivity contribution in [1.29, 1.82) is 0 Å². The third kappa shape index (κ3) is 4.97. The van der Waals surface area contributed by atoms with E-state index in [0.29, 0.717) is 13.1 Å². The van der Waals surface area contributed by atoms with Crippen LogP contribution < -0.4 is 5.73 Å². The number of rotatable bonds is 8. The van der Waals surface area contributed by atoms with Gasteiger partial charge in [-0.1, -0.05) is 26.7 Å². The highest BCUT2D eigenvalue weighted by molar-refractivity contribution is 5.79. The van der Waals surface area contributed by atoms with Crippen molar-refractivity contribution in [2.24, 2.45) is 11.7 Å². The van der Waals surface area contributed by atoms with Crippen molar-refractivity contribution in [3.05, 3.63) is 0 Å². The molecule has 0 aliphatic rings. The topological polar surface area (TPSA) is 46.3 Å². The van der Waals surface area contributed by atoms with E-state index in [-0.39, 0.29) is 17.9 Å². The first-order valence-electron chi connectivity index (χ1n) is 6.58. The molecule has 96 valence electrons. The van der Waals surface area contributed by atoms with Gasteiger partial charge < -0.3 is 10.6 Å². The Morgan fingerprint density at radius 2 is 1.94 bits per heavy atom. The smallest absolute Gasteiger partial charge is 0.225 e. The minimum absolute atomic E-state index is 0.189. The van der Waals surface area contributed by atoms with Gasteiger partial charge in [-0.15, -0.1) is 0 Å². The zero-order valence-corrected chi connectivity index (χ0v) is 11.3. The van der Waals surface area contributed by atoms with E-state index in [1.165, 1.54) is 0 Å². The summed E-state index contributed by atoms with van der Waals surface area (Å²) >= 11 is 0. The highest BCUT2D eigenvalue weighted by atomic mass is 16.2. The summed E-state index contributed by atoms with van der Waals surface area (Å²) in [6, 6.07) is 0.256. The molecule has 3 nitrogen and oxygen atoms in total. The van der Waals surface area contributed by atoms with Crippen LogP contribution >= 0.6 is 0 Å². The molecule has 2 N–H and O–H groups in total. The van der Waals surface area contributed by atoms with Gasteiger partial charge in [0.1, 0.15) is 0 Å². The highest BCUT2D eigenvalue weighted by Gasteiger charge is 2.23. The second-order valence-electron chi connectivity index (χ2n) is 4.66. The number of carbonyl (C=O) groups excluding carboxylic acids is 1. The van der Waals surface area contributed by atoms with Crippen molar-refractivity contribution in [1.82, 2.24) is 4.90 Å². The Bertz CT molecular complexity index is 192. The minimum atomic E-state index is 0.189. The van der Waals surface area contributed by atoms with Crippen molar-refractivity contribution in [2.75, 3.05) is 13.1 Å². The van der Waals surface area contributed by atoms with Crippen molar-refractivity contribution in [3.8, 4) is 0 Å². The van der Waals surface area contributed by atoms with E-state index in [1.807, 2.05) is 4.90 Å². The number of nitrogens with two attached hydrogens (primary N) is 1. The highest BCUT2D eigenvalue weighted by Crippen LogP contribution is 2.17.